The number of nitriles is 1. The molecule has 0 spiro atoms. The van der Waals surface area contributed by atoms with Gasteiger partial charge in [0.25, 0.3) is 5.56 Å². The van der Waals surface area contributed by atoms with Gasteiger partial charge in [0.1, 0.15) is 10.8 Å². The summed E-state index contributed by atoms with van der Waals surface area (Å²) < 4.78 is 14.5. The average molecular weight is 309 g/mol. The maximum atomic E-state index is 13.6. The molecule has 0 radical (unpaired) electrons. The molecular formula is C16H8FN3OS. The minimum Gasteiger partial charge on any atom is -0.329 e. The Morgan fingerprint density at radius 2 is 2.14 bits per heavy atom. The second kappa shape index (κ2) is 4.61. The largest absolute Gasteiger partial charge is 0.329 e. The molecule has 0 amide bonds. The molecule has 0 aliphatic carbocycles. The van der Waals surface area contributed by atoms with Crippen LogP contribution in [0.1, 0.15) is 5.01 Å². The van der Waals surface area contributed by atoms with Gasteiger partial charge in [-0.1, -0.05) is 0 Å². The fourth-order valence-electron chi connectivity index (χ4n) is 2.74. The van der Waals surface area contributed by atoms with Gasteiger partial charge in [-0.3, -0.25) is 4.79 Å². The van der Waals surface area contributed by atoms with Crippen LogP contribution in [-0.2, 0) is 6.42 Å². The van der Waals surface area contributed by atoms with E-state index in [0.29, 0.717) is 21.3 Å². The molecule has 6 heteroatoms. The highest BCUT2D eigenvalue weighted by Gasteiger charge is 2.15. The van der Waals surface area contributed by atoms with Crippen molar-refractivity contribution in [1.82, 2.24) is 9.97 Å². The van der Waals surface area contributed by atoms with Gasteiger partial charge in [-0.25, -0.2) is 9.37 Å². The number of nitrogens with zero attached hydrogens (tertiary/aromatic N) is 2. The van der Waals surface area contributed by atoms with Gasteiger partial charge in [0.2, 0.25) is 0 Å². The molecule has 2 heterocycles. The number of hydrogen-bond donors (Lipinski definition) is 1. The van der Waals surface area contributed by atoms with Gasteiger partial charge < -0.3 is 4.98 Å². The number of benzene rings is 2. The fraction of sp³-hybridized carbons (Fsp3) is 0.0625. The number of hydrogen-bond acceptors (Lipinski definition) is 4. The number of thiazole rings is 1. The fourth-order valence-corrected chi connectivity index (χ4v) is 3.78. The Morgan fingerprint density at radius 3 is 2.95 bits per heavy atom. The van der Waals surface area contributed by atoms with E-state index in [0.717, 1.165) is 15.5 Å². The first-order valence-corrected chi connectivity index (χ1v) is 7.39. The SMILES string of the molecule is N#CCc1nc2c3ccc(F)cc3c3c(=O)[nH]ccc3c2s1. The van der Waals surface area contributed by atoms with Gasteiger partial charge in [0.15, 0.2) is 0 Å². The molecule has 4 nitrogen and oxygen atoms in total. The molecule has 22 heavy (non-hydrogen) atoms. The first-order chi connectivity index (χ1) is 10.7. The lowest BCUT2D eigenvalue weighted by molar-refractivity contribution is 0.630. The summed E-state index contributed by atoms with van der Waals surface area (Å²) in [5, 5.41) is 12.0. The molecular weight excluding hydrogens is 301 g/mol. The summed E-state index contributed by atoms with van der Waals surface area (Å²) in [6.45, 7) is 0. The van der Waals surface area contributed by atoms with E-state index in [1.165, 1.54) is 23.5 Å². The van der Waals surface area contributed by atoms with Crippen molar-refractivity contribution in [3.63, 3.8) is 0 Å². The number of rotatable bonds is 1. The molecule has 0 atom stereocenters. The van der Waals surface area contributed by atoms with Gasteiger partial charge in [-0.15, -0.1) is 11.3 Å². The summed E-state index contributed by atoms with van der Waals surface area (Å²) in [6.07, 6.45) is 1.78. The molecule has 0 bridgehead atoms. The van der Waals surface area contributed by atoms with E-state index >= 15 is 0 Å². The number of H-pyrrole nitrogens is 1. The molecule has 1 N–H and O–H groups in total. The highest BCUT2D eigenvalue weighted by atomic mass is 32.1. The van der Waals surface area contributed by atoms with Crippen molar-refractivity contribution in [2.45, 2.75) is 6.42 Å². The third-order valence-corrected chi connectivity index (χ3v) is 4.70. The molecule has 2 aromatic carbocycles. The monoisotopic (exact) mass is 309 g/mol. The molecule has 0 fully saturated rings. The van der Waals surface area contributed by atoms with Gasteiger partial charge in [0, 0.05) is 22.4 Å². The van der Waals surface area contributed by atoms with Crippen molar-refractivity contribution in [3.05, 3.63) is 51.6 Å². The van der Waals surface area contributed by atoms with Gasteiger partial charge in [-0.05, 0) is 24.3 Å². The average Bonchev–Trinajstić information content (AvgIpc) is 2.91. The van der Waals surface area contributed by atoms with Crippen LogP contribution in [0.15, 0.2) is 35.3 Å². The summed E-state index contributed by atoms with van der Waals surface area (Å²) in [6, 6.07) is 8.22. The zero-order valence-corrected chi connectivity index (χ0v) is 12.0. The highest BCUT2D eigenvalue weighted by molar-refractivity contribution is 7.19. The standard InChI is InChI=1S/C16H8FN3OS/c17-8-1-2-9-11(7-8)13-10(4-6-19-16(13)21)15-14(9)20-12(22-15)3-5-18/h1-2,4,6-7H,3H2,(H,19,21). The summed E-state index contributed by atoms with van der Waals surface area (Å²) in [5.41, 5.74) is 0.452. The van der Waals surface area contributed by atoms with Crippen molar-refractivity contribution < 1.29 is 4.39 Å². The van der Waals surface area contributed by atoms with Crippen molar-refractivity contribution >= 4 is 43.1 Å². The molecule has 4 rings (SSSR count). The molecule has 0 saturated carbocycles. The van der Waals surface area contributed by atoms with Gasteiger partial charge in [0.05, 0.1) is 28.1 Å². The van der Waals surface area contributed by atoms with Crippen LogP contribution in [-0.4, -0.2) is 9.97 Å². The predicted octanol–water partition coefficient (Wildman–Crippen LogP) is 3.50. The zero-order valence-electron chi connectivity index (χ0n) is 11.2. The van der Waals surface area contributed by atoms with E-state index in [1.807, 2.05) is 0 Å². The lowest BCUT2D eigenvalue weighted by Crippen LogP contribution is -2.05. The van der Waals surface area contributed by atoms with Crippen LogP contribution in [0.2, 0.25) is 0 Å². The van der Waals surface area contributed by atoms with Crippen LogP contribution < -0.4 is 5.56 Å². The lowest BCUT2D eigenvalue weighted by atomic mass is 10.0. The van der Waals surface area contributed by atoms with Crippen molar-refractivity contribution in [3.8, 4) is 6.07 Å². The van der Waals surface area contributed by atoms with Crippen molar-refractivity contribution in [2.24, 2.45) is 0 Å². The molecule has 106 valence electrons. The van der Waals surface area contributed by atoms with Crippen LogP contribution in [0.25, 0.3) is 31.8 Å². The normalized spacial score (nSPS) is 11.3. The predicted molar refractivity (Wildman–Crippen MR) is 84.5 cm³/mol. The Balaban J connectivity index is 2.34. The molecule has 0 unspecified atom stereocenters. The van der Waals surface area contributed by atoms with Crippen LogP contribution in [0.3, 0.4) is 0 Å². The maximum absolute atomic E-state index is 13.6. The number of aromatic amines is 1. The van der Waals surface area contributed by atoms with Crippen LogP contribution in [0, 0.1) is 17.1 Å². The Kier molecular flexibility index (Phi) is 2.71. The molecule has 0 aliphatic heterocycles. The molecule has 0 aliphatic rings. The number of aromatic nitrogens is 2. The third kappa shape index (κ3) is 1.73. The summed E-state index contributed by atoms with van der Waals surface area (Å²) in [5.74, 6) is -0.399. The van der Waals surface area contributed by atoms with E-state index < -0.39 is 5.82 Å². The number of halogens is 1. The van der Waals surface area contributed by atoms with E-state index in [9.17, 15) is 9.18 Å². The minimum atomic E-state index is -0.399. The van der Waals surface area contributed by atoms with Crippen LogP contribution >= 0.6 is 11.3 Å². The van der Waals surface area contributed by atoms with Gasteiger partial charge >= 0.3 is 0 Å². The Hall–Kier alpha value is -2.78. The van der Waals surface area contributed by atoms with Crippen LogP contribution in [0.5, 0.6) is 0 Å². The number of fused-ring (bicyclic) bond motifs is 6. The number of pyridine rings is 1. The first-order valence-electron chi connectivity index (χ1n) is 6.58. The second-order valence-electron chi connectivity index (χ2n) is 4.91. The van der Waals surface area contributed by atoms with Crippen molar-refractivity contribution in [2.75, 3.05) is 0 Å². The van der Waals surface area contributed by atoms with E-state index in [1.54, 1.807) is 18.3 Å². The van der Waals surface area contributed by atoms with Crippen LogP contribution in [0.4, 0.5) is 4.39 Å². The summed E-state index contributed by atoms with van der Waals surface area (Å²) in [7, 11) is 0. The number of nitrogens with one attached hydrogen (secondary N) is 1. The molecule has 2 aromatic heterocycles. The van der Waals surface area contributed by atoms with E-state index in [-0.39, 0.29) is 12.0 Å². The topological polar surface area (TPSA) is 69.5 Å². The van der Waals surface area contributed by atoms with Gasteiger partial charge in [-0.2, -0.15) is 5.26 Å². The summed E-state index contributed by atoms with van der Waals surface area (Å²) >= 11 is 1.40. The highest BCUT2D eigenvalue weighted by Crippen LogP contribution is 2.36. The smallest absolute Gasteiger partial charge is 0.256 e. The quantitative estimate of drug-likeness (QED) is 0.547. The molecule has 0 saturated heterocycles. The third-order valence-electron chi connectivity index (χ3n) is 3.61. The Bertz CT molecular complexity index is 1150. The Labute approximate surface area is 127 Å². The van der Waals surface area contributed by atoms with E-state index in [4.69, 9.17) is 5.26 Å². The Morgan fingerprint density at radius 1 is 1.27 bits per heavy atom. The molecule has 4 aromatic rings. The second-order valence-corrected chi connectivity index (χ2v) is 5.99. The minimum absolute atomic E-state index is 0.215. The maximum Gasteiger partial charge on any atom is 0.256 e. The lowest BCUT2D eigenvalue weighted by Gasteiger charge is -2.05. The summed E-state index contributed by atoms with van der Waals surface area (Å²) in [4.78, 5) is 19.4. The first kappa shape index (κ1) is 12.9. The van der Waals surface area contributed by atoms with Crippen molar-refractivity contribution in [1.29, 1.82) is 5.26 Å². The van der Waals surface area contributed by atoms with E-state index in [2.05, 4.69) is 16.0 Å². The zero-order chi connectivity index (χ0) is 15.3.